The number of aromatic nitrogens is 1. The number of aryl methyl sites for hydroxylation is 1. The lowest BCUT2D eigenvalue weighted by Gasteiger charge is -2.12. The number of anilines is 2. The number of fused-ring (bicyclic) bond motifs is 1. The van der Waals surface area contributed by atoms with E-state index in [9.17, 15) is 18.4 Å². The molecule has 24 heavy (non-hydrogen) atoms. The van der Waals surface area contributed by atoms with Crippen molar-refractivity contribution in [1.29, 1.82) is 0 Å². The van der Waals surface area contributed by atoms with Crippen LogP contribution in [0.3, 0.4) is 0 Å². The summed E-state index contributed by atoms with van der Waals surface area (Å²) in [6, 6.07) is 1.62. The van der Waals surface area contributed by atoms with Gasteiger partial charge in [0.2, 0.25) is 5.91 Å². The van der Waals surface area contributed by atoms with Crippen LogP contribution in [0.15, 0.2) is 16.7 Å². The van der Waals surface area contributed by atoms with Crippen LogP contribution in [0.1, 0.15) is 41.6 Å². The first-order valence-corrected chi connectivity index (χ1v) is 7.51. The van der Waals surface area contributed by atoms with Crippen LogP contribution in [0, 0.1) is 11.6 Å². The van der Waals surface area contributed by atoms with E-state index < -0.39 is 23.4 Å². The number of rotatable bonds is 3. The van der Waals surface area contributed by atoms with E-state index in [1.807, 2.05) is 0 Å². The summed E-state index contributed by atoms with van der Waals surface area (Å²) in [5, 5.41) is 8.59. The molecule has 3 rings (SSSR count). The zero-order valence-electron chi connectivity index (χ0n) is 12.9. The number of hydrogen-bond acceptors (Lipinski definition) is 4. The summed E-state index contributed by atoms with van der Waals surface area (Å²) in [6.07, 6.45) is 3.30. The molecule has 0 saturated heterocycles. The Hall–Kier alpha value is -2.77. The third-order valence-corrected chi connectivity index (χ3v) is 3.78. The summed E-state index contributed by atoms with van der Waals surface area (Å²) in [7, 11) is 0. The van der Waals surface area contributed by atoms with Gasteiger partial charge in [0, 0.05) is 31.0 Å². The zero-order valence-corrected chi connectivity index (χ0v) is 12.9. The highest BCUT2D eigenvalue weighted by Crippen LogP contribution is 2.28. The third-order valence-electron chi connectivity index (χ3n) is 3.78. The predicted octanol–water partition coefficient (Wildman–Crippen LogP) is 3.04. The Balaban J connectivity index is 1.90. The number of nitrogens with one attached hydrogen (secondary N) is 2. The molecular weight excluding hydrogens is 320 g/mol. The Morgan fingerprint density at radius 2 is 1.71 bits per heavy atom. The summed E-state index contributed by atoms with van der Waals surface area (Å²) in [5.74, 6) is -2.66. The summed E-state index contributed by atoms with van der Waals surface area (Å²) in [5.41, 5.74) is 0.777. The van der Waals surface area contributed by atoms with Gasteiger partial charge in [-0.15, -0.1) is 0 Å². The minimum Gasteiger partial charge on any atom is -0.360 e. The van der Waals surface area contributed by atoms with Crippen LogP contribution in [0.4, 0.5) is 20.2 Å². The first-order valence-electron chi connectivity index (χ1n) is 7.51. The quantitative estimate of drug-likeness (QED) is 0.903. The maximum atomic E-state index is 13.5. The fourth-order valence-corrected chi connectivity index (χ4v) is 2.69. The molecule has 1 aliphatic carbocycles. The van der Waals surface area contributed by atoms with Crippen molar-refractivity contribution in [2.24, 2.45) is 0 Å². The number of halogens is 2. The smallest absolute Gasteiger partial charge is 0.278 e. The Labute approximate surface area is 136 Å². The van der Waals surface area contributed by atoms with Gasteiger partial charge in [-0.1, -0.05) is 5.16 Å². The molecule has 0 bridgehead atoms. The fraction of sp³-hybridized carbons (Fsp3) is 0.312. The molecule has 1 aromatic carbocycles. The molecule has 126 valence electrons. The van der Waals surface area contributed by atoms with Crippen molar-refractivity contribution >= 4 is 23.2 Å². The maximum Gasteiger partial charge on any atom is 0.278 e. The molecule has 1 aliphatic rings. The van der Waals surface area contributed by atoms with Gasteiger partial charge >= 0.3 is 0 Å². The van der Waals surface area contributed by atoms with Gasteiger partial charge in [-0.2, -0.15) is 0 Å². The van der Waals surface area contributed by atoms with E-state index in [1.165, 1.54) is 6.92 Å². The summed E-state index contributed by atoms with van der Waals surface area (Å²) >= 11 is 0. The van der Waals surface area contributed by atoms with Crippen molar-refractivity contribution in [3.05, 3.63) is 40.8 Å². The highest BCUT2D eigenvalue weighted by molar-refractivity contribution is 6.06. The Morgan fingerprint density at radius 1 is 1.08 bits per heavy atom. The molecule has 0 atom stereocenters. The monoisotopic (exact) mass is 335 g/mol. The molecule has 2 N–H and O–H groups in total. The van der Waals surface area contributed by atoms with E-state index >= 15 is 0 Å². The number of benzene rings is 1. The highest BCUT2D eigenvalue weighted by Gasteiger charge is 2.25. The maximum absolute atomic E-state index is 13.5. The van der Waals surface area contributed by atoms with Gasteiger partial charge < -0.3 is 15.2 Å². The van der Waals surface area contributed by atoms with Gasteiger partial charge in [-0.05, 0) is 19.3 Å². The minimum absolute atomic E-state index is 0.0351. The Bertz CT molecular complexity index is 817. The summed E-state index contributed by atoms with van der Waals surface area (Å²) in [6.45, 7) is 1.22. The lowest BCUT2D eigenvalue weighted by molar-refractivity contribution is -0.114. The van der Waals surface area contributed by atoms with E-state index in [-0.39, 0.29) is 17.1 Å². The van der Waals surface area contributed by atoms with Crippen molar-refractivity contribution in [2.75, 3.05) is 10.6 Å². The number of carbonyl (C=O) groups excluding carboxylic acids is 2. The SMILES string of the molecule is CC(=O)Nc1cc(F)c(F)cc1NC(=O)c1noc2c1CCCC2. The van der Waals surface area contributed by atoms with Crippen LogP contribution in [0.2, 0.25) is 0 Å². The topological polar surface area (TPSA) is 84.2 Å². The lowest BCUT2D eigenvalue weighted by Crippen LogP contribution is -2.18. The molecule has 0 fully saturated rings. The van der Waals surface area contributed by atoms with Gasteiger partial charge in [0.15, 0.2) is 17.3 Å². The van der Waals surface area contributed by atoms with Crippen LogP contribution < -0.4 is 10.6 Å². The van der Waals surface area contributed by atoms with Crippen LogP contribution in [-0.4, -0.2) is 17.0 Å². The van der Waals surface area contributed by atoms with Gasteiger partial charge in [0.05, 0.1) is 11.4 Å². The number of carbonyl (C=O) groups is 2. The van der Waals surface area contributed by atoms with E-state index in [0.29, 0.717) is 12.2 Å². The van der Waals surface area contributed by atoms with E-state index in [1.54, 1.807) is 0 Å². The average Bonchev–Trinajstić information content (AvgIpc) is 2.95. The van der Waals surface area contributed by atoms with Crippen molar-refractivity contribution in [2.45, 2.75) is 32.6 Å². The average molecular weight is 335 g/mol. The first-order chi connectivity index (χ1) is 11.5. The second-order valence-electron chi connectivity index (χ2n) is 5.59. The van der Waals surface area contributed by atoms with Gasteiger partial charge in [-0.3, -0.25) is 9.59 Å². The van der Waals surface area contributed by atoms with Gasteiger partial charge in [0.25, 0.3) is 5.91 Å². The lowest BCUT2D eigenvalue weighted by atomic mass is 9.96. The third kappa shape index (κ3) is 3.12. The van der Waals surface area contributed by atoms with Crippen LogP contribution >= 0.6 is 0 Å². The molecule has 0 unspecified atom stereocenters. The van der Waals surface area contributed by atoms with Crippen LogP contribution in [-0.2, 0) is 17.6 Å². The molecule has 2 aromatic rings. The van der Waals surface area contributed by atoms with Crippen molar-refractivity contribution in [3.8, 4) is 0 Å². The molecule has 1 heterocycles. The highest BCUT2D eigenvalue weighted by atomic mass is 19.2. The predicted molar refractivity (Wildman–Crippen MR) is 81.8 cm³/mol. The fourth-order valence-electron chi connectivity index (χ4n) is 2.69. The Kier molecular flexibility index (Phi) is 4.28. The number of hydrogen-bond donors (Lipinski definition) is 2. The van der Waals surface area contributed by atoms with Crippen LogP contribution in [0.5, 0.6) is 0 Å². The molecule has 0 aliphatic heterocycles. The largest absolute Gasteiger partial charge is 0.360 e. The minimum atomic E-state index is -1.14. The molecule has 0 radical (unpaired) electrons. The van der Waals surface area contributed by atoms with Gasteiger partial charge in [0.1, 0.15) is 5.76 Å². The normalized spacial score (nSPS) is 13.3. The van der Waals surface area contributed by atoms with Crippen LogP contribution in [0.25, 0.3) is 0 Å². The van der Waals surface area contributed by atoms with Crippen molar-refractivity contribution in [3.63, 3.8) is 0 Å². The van der Waals surface area contributed by atoms with E-state index in [2.05, 4.69) is 15.8 Å². The van der Waals surface area contributed by atoms with E-state index in [4.69, 9.17) is 4.52 Å². The van der Waals surface area contributed by atoms with E-state index in [0.717, 1.165) is 37.0 Å². The van der Waals surface area contributed by atoms with Gasteiger partial charge in [-0.25, -0.2) is 8.78 Å². The molecule has 1 aromatic heterocycles. The summed E-state index contributed by atoms with van der Waals surface area (Å²) < 4.78 is 32.0. The molecule has 6 nitrogen and oxygen atoms in total. The number of amides is 2. The molecule has 2 amide bonds. The first kappa shape index (κ1) is 16.1. The standard InChI is InChI=1S/C16H15F2N3O3/c1-8(22)19-12-6-10(17)11(18)7-13(12)20-16(23)15-9-4-2-3-5-14(9)24-21-15/h6-7H,2-5H2,1H3,(H,19,22)(H,20,23). The van der Waals surface area contributed by atoms with Crippen molar-refractivity contribution in [1.82, 2.24) is 5.16 Å². The zero-order chi connectivity index (χ0) is 17.3. The Morgan fingerprint density at radius 3 is 2.38 bits per heavy atom. The molecular formula is C16H15F2N3O3. The second kappa shape index (κ2) is 6.38. The number of nitrogens with zero attached hydrogens (tertiary/aromatic N) is 1. The summed E-state index contributed by atoms with van der Waals surface area (Å²) in [4.78, 5) is 23.6. The second-order valence-corrected chi connectivity index (χ2v) is 5.59. The molecule has 0 spiro atoms. The molecule has 8 heteroatoms. The van der Waals surface area contributed by atoms with Crippen molar-refractivity contribution < 1.29 is 22.9 Å². The molecule has 0 saturated carbocycles.